The zero-order valence-corrected chi connectivity index (χ0v) is 18.3. The lowest BCUT2D eigenvalue weighted by atomic mass is 10.1. The molecule has 3 N–H and O–H groups in total. The Balaban J connectivity index is 1.67. The number of carboxylic acids is 1. The van der Waals surface area contributed by atoms with Gasteiger partial charge in [0.1, 0.15) is 23.6 Å². The zero-order chi connectivity index (χ0) is 26.0. The van der Waals surface area contributed by atoms with Crippen molar-refractivity contribution >= 4 is 11.9 Å². The summed E-state index contributed by atoms with van der Waals surface area (Å²) in [5.74, 6) is -3.40. The number of halogens is 3. The second kappa shape index (κ2) is 9.70. The van der Waals surface area contributed by atoms with E-state index < -0.39 is 47.4 Å². The fourth-order valence-electron chi connectivity index (χ4n) is 3.74. The van der Waals surface area contributed by atoms with Crippen LogP contribution in [-0.4, -0.2) is 44.5 Å². The summed E-state index contributed by atoms with van der Waals surface area (Å²) in [5, 5.41) is 21.3. The molecule has 3 heterocycles. The van der Waals surface area contributed by atoms with E-state index in [0.29, 0.717) is 11.3 Å². The van der Waals surface area contributed by atoms with Crippen molar-refractivity contribution in [2.45, 2.75) is 26.1 Å². The first-order valence-corrected chi connectivity index (χ1v) is 10.4. The van der Waals surface area contributed by atoms with Gasteiger partial charge in [-0.1, -0.05) is 18.2 Å². The maximum Gasteiger partial charge on any atom is 0.573 e. The number of aliphatic carboxylic acids is 1. The van der Waals surface area contributed by atoms with Crippen LogP contribution < -0.4 is 15.6 Å². The highest BCUT2D eigenvalue weighted by atomic mass is 19.4. The minimum absolute atomic E-state index is 0.0111. The second-order valence-electron chi connectivity index (χ2n) is 7.71. The van der Waals surface area contributed by atoms with Gasteiger partial charge in [-0.3, -0.25) is 19.4 Å². The number of carbonyl (C=O) groups excluding carboxylic acids is 1. The highest BCUT2D eigenvalue weighted by Gasteiger charge is 2.32. The summed E-state index contributed by atoms with van der Waals surface area (Å²) in [7, 11) is 0. The van der Waals surface area contributed by atoms with Crippen molar-refractivity contribution in [3.63, 3.8) is 0 Å². The minimum Gasteiger partial charge on any atom is -0.506 e. The van der Waals surface area contributed by atoms with Crippen molar-refractivity contribution in [3.05, 3.63) is 75.3 Å². The number of nitrogens with one attached hydrogen (secondary N) is 1. The molecular weight excluding hydrogens is 487 g/mol. The van der Waals surface area contributed by atoms with Crippen molar-refractivity contribution in [1.82, 2.24) is 14.9 Å². The number of pyridine rings is 2. The Kier molecular flexibility index (Phi) is 6.66. The van der Waals surface area contributed by atoms with E-state index in [0.717, 1.165) is 6.07 Å². The largest absolute Gasteiger partial charge is 0.573 e. The molecule has 188 valence electrons. The molecule has 2 aromatic heterocycles. The van der Waals surface area contributed by atoms with Gasteiger partial charge in [0.05, 0.1) is 31.1 Å². The molecule has 10 nitrogen and oxygen atoms in total. The Morgan fingerprint density at radius 2 is 1.92 bits per heavy atom. The highest BCUT2D eigenvalue weighted by molar-refractivity contribution is 5.98. The van der Waals surface area contributed by atoms with E-state index in [-0.39, 0.29) is 36.6 Å². The van der Waals surface area contributed by atoms with E-state index in [1.165, 1.54) is 35.0 Å². The van der Waals surface area contributed by atoms with Gasteiger partial charge >= 0.3 is 12.3 Å². The van der Waals surface area contributed by atoms with Gasteiger partial charge in [-0.05, 0) is 23.8 Å². The maximum absolute atomic E-state index is 13.1. The van der Waals surface area contributed by atoms with E-state index in [4.69, 9.17) is 9.84 Å². The molecule has 1 aliphatic rings. The first-order valence-electron chi connectivity index (χ1n) is 10.4. The quantitative estimate of drug-likeness (QED) is 0.445. The van der Waals surface area contributed by atoms with Gasteiger partial charge in [-0.15, -0.1) is 13.2 Å². The lowest BCUT2D eigenvalue weighted by Gasteiger charge is -2.16. The smallest absolute Gasteiger partial charge is 0.506 e. The van der Waals surface area contributed by atoms with Crippen LogP contribution in [0.3, 0.4) is 0 Å². The molecule has 0 atom stereocenters. The third-order valence-electron chi connectivity index (χ3n) is 5.32. The SMILES string of the molecule is O=C(O)CNC(=O)c1c(O)c2c(n(Cc3ccc(-c4ccccc4OC(F)(F)F)nc3)c1=O)COC2. The van der Waals surface area contributed by atoms with E-state index >= 15 is 0 Å². The number of aromatic nitrogens is 2. The molecule has 36 heavy (non-hydrogen) atoms. The molecule has 0 unspecified atom stereocenters. The van der Waals surface area contributed by atoms with E-state index in [2.05, 4.69) is 15.0 Å². The highest BCUT2D eigenvalue weighted by Crippen LogP contribution is 2.33. The molecule has 1 amide bonds. The number of hydrogen-bond donors (Lipinski definition) is 3. The van der Waals surface area contributed by atoms with Gasteiger partial charge < -0.3 is 29.6 Å². The number of para-hydroxylation sites is 1. The number of benzene rings is 1. The second-order valence-corrected chi connectivity index (χ2v) is 7.71. The molecule has 0 saturated heterocycles. The number of rotatable bonds is 7. The topological polar surface area (TPSA) is 140 Å². The van der Waals surface area contributed by atoms with Crippen LogP contribution in [0.5, 0.6) is 11.5 Å². The summed E-state index contributed by atoms with van der Waals surface area (Å²) >= 11 is 0. The lowest BCUT2D eigenvalue weighted by molar-refractivity contribution is -0.274. The minimum atomic E-state index is -4.88. The average molecular weight is 505 g/mol. The van der Waals surface area contributed by atoms with Crippen LogP contribution in [0.1, 0.15) is 27.2 Å². The molecule has 1 aliphatic heterocycles. The summed E-state index contributed by atoms with van der Waals surface area (Å²) in [6.45, 7) is -0.926. The number of fused-ring (bicyclic) bond motifs is 1. The third-order valence-corrected chi connectivity index (χ3v) is 5.32. The summed E-state index contributed by atoms with van der Waals surface area (Å²) in [6.07, 6.45) is -3.53. The molecule has 3 aromatic rings. The summed E-state index contributed by atoms with van der Waals surface area (Å²) in [5.41, 5.74) is -0.172. The van der Waals surface area contributed by atoms with Gasteiger partial charge in [0.25, 0.3) is 11.5 Å². The summed E-state index contributed by atoms with van der Waals surface area (Å²) in [4.78, 5) is 40.5. The fraction of sp³-hybridized carbons (Fsp3) is 0.217. The Labute approximate surface area is 200 Å². The third kappa shape index (κ3) is 5.15. The van der Waals surface area contributed by atoms with Crippen molar-refractivity contribution in [2.24, 2.45) is 0 Å². The summed E-state index contributed by atoms with van der Waals surface area (Å²) < 4.78 is 48.8. The molecule has 0 bridgehead atoms. The van der Waals surface area contributed by atoms with Crippen molar-refractivity contribution < 1.29 is 42.4 Å². The average Bonchev–Trinajstić information content (AvgIpc) is 3.31. The predicted octanol–water partition coefficient (Wildman–Crippen LogP) is 2.41. The molecule has 0 aliphatic carbocycles. The molecular formula is C23H18F3N3O7. The predicted molar refractivity (Wildman–Crippen MR) is 116 cm³/mol. The van der Waals surface area contributed by atoms with Gasteiger partial charge in [0, 0.05) is 17.3 Å². The number of alkyl halides is 3. The van der Waals surface area contributed by atoms with Gasteiger partial charge in [-0.25, -0.2) is 0 Å². The number of nitrogens with zero attached hydrogens (tertiary/aromatic N) is 2. The van der Waals surface area contributed by atoms with Gasteiger partial charge in [0.15, 0.2) is 0 Å². The van der Waals surface area contributed by atoms with Crippen molar-refractivity contribution in [3.8, 4) is 22.8 Å². The number of hydrogen-bond acceptors (Lipinski definition) is 7. The number of carbonyl (C=O) groups is 2. The molecule has 0 saturated carbocycles. The number of ether oxygens (including phenoxy) is 2. The van der Waals surface area contributed by atoms with E-state index in [1.807, 2.05) is 0 Å². The molecule has 1 aromatic carbocycles. The standard InChI is InChI=1S/C23H18F3N3O7/c24-23(25,26)36-17-4-2-1-3-13(17)15-6-5-12(7-27-15)9-29-16-11-35-10-14(16)20(32)19(22(29)34)21(33)28-8-18(30)31/h1-7,32H,8-11H2,(H,28,33)(H,30,31). The monoisotopic (exact) mass is 505 g/mol. The van der Waals surface area contributed by atoms with E-state index in [9.17, 15) is 32.7 Å². The van der Waals surface area contributed by atoms with Crippen molar-refractivity contribution in [2.75, 3.05) is 6.54 Å². The van der Waals surface area contributed by atoms with Crippen LogP contribution >= 0.6 is 0 Å². The van der Waals surface area contributed by atoms with Crippen LogP contribution in [0, 0.1) is 0 Å². The Bertz CT molecular complexity index is 1390. The Morgan fingerprint density at radius 1 is 1.17 bits per heavy atom. The summed E-state index contributed by atoms with van der Waals surface area (Å²) in [6, 6.07) is 8.50. The van der Waals surface area contributed by atoms with Crippen LogP contribution in [0.25, 0.3) is 11.3 Å². The Hall–Kier alpha value is -4.39. The van der Waals surface area contributed by atoms with Crippen LogP contribution in [-0.2, 0) is 29.3 Å². The van der Waals surface area contributed by atoms with Crippen molar-refractivity contribution in [1.29, 1.82) is 0 Å². The molecule has 0 spiro atoms. The van der Waals surface area contributed by atoms with Crippen LogP contribution in [0.15, 0.2) is 47.4 Å². The van der Waals surface area contributed by atoms with Crippen LogP contribution in [0.4, 0.5) is 13.2 Å². The fourth-order valence-corrected chi connectivity index (χ4v) is 3.74. The Morgan fingerprint density at radius 3 is 2.58 bits per heavy atom. The molecule has 0 fully saturated rings. The molecule has 13 heteroatoms. The lowest BCUT2D eigenvalue weighted by Crippen LogP contribution is -2.37. The molecule has 4 rings (SSSR count). The van der Waals surface area contributed by atoms with E-state index in [1.54, 1.807) is 6.07 Å². The number of amides is 1. The van der Waals surface area contributed by atoms with Gasteiger partial charge in [-0.2, -0.15) is 0 Å². The maximum atomic E-state index is 13.1. The first kappa shape index (κ1) is 24.7. The first-order chi connectivity index (χ1) is 17.0. The van der Waals surface area contributed by atoms with Crippen LogP contribution in [0.2, 0.25) is 0 Å². The van der Waals surface area contributed by atoms with Gasteiger partial charge in [0.2, 0.25) is 0 Å². The number of carboxylic acid groups (broad SMARTS) is 1. The zero-order valence-electron chi connectivity index (χ0n) is 18.3. The molecule has 0 radical (unpaired) electrons. The number of aromatic hydroxyl groups is 1. The normalized spacial score (nSPS) is 12.8.